The SMILES string of the molecule is Cc1cc(-c2ccc(N)nc2)cc([C@@H]2CN(C(=O)c3ccc(=O)n(C)n3)CCO2)n1. The minimum absolute atomic E-state index is 0.226. The number of anilines is 1. The number of nitrogens with two attached hydrogens (primary N) is 1. The second kappa shape index (κ2) is 8.03. The number of hydrogen-bond acceptors (Lipinski definition) is 7. The van der Waals surface area contributed by atoms with E-state index in [1.165, 1.54) is 19.2 Å². The Kier molecular flexibility index (Phi) is 5.28. The van der Waals surface area contributed by atoms with Crippen molar-refractivity contribution >= 4 is 11.7 Å². The van der Waals surface area contributed by atoms with E-state index in [0.29, 0.717) is 25.5 Å². The van der Waals surface area contributed by atoms with E-state index in [0.717, 1.165) is 27.2 Å². The molecule has 9 nitrogen and oxygen atoms in total. The first-order chi connectivity index (χ1) is 14.4. The summed E-state index contributed by atoms with van der Waals surface area (Å²) in [5.74, 6) is 0.219. The number of ether oxygens (including phenoxy) is 1. The van der Waals surface area contributed by atoms with E-state index < -0.39 is 0 Å². The first-order valence-electron chi connectivity index (χ1n) is 9.56. The molecular formula is C21H22N6O3. The van der Waals surface area contributed by atoms with Gasteiger partial charge in [-0.15, -0.1) is 0 Å². The molecule has 1 saturated heterocycles. The maximum absolute atomic E-state index is 12.9. The molecule has 0 unspecified atom stereocenters. The predicted octanol–water partition coefficient (Wildman–Crippen LogP) is 1.34. The van der Waals surface area contributed by atoms with Crippen LogP contribution in [0.5, 0.6) is 0 Å². The second-order valence-electron chi connectivity index (χ2n) is 7.18. The van der Waals surface area contributed by atoms with Crippen LogP contribution in [-0.2, 0) is 11.8 Å². The quantitative estimate of drug-likeness (QED) is 0.698. The first kappa shape index (κ1) is 19.7. The largest absolute Gasteiger partial charge is 0.384 e. The number of carbonyl (C=O) groups is 1. The summed E-state index contributed by atoms with van der Waals surface area (Å²) in [6, 6.07) is 10.4. The number of aromatic nitrogens is 4. The number of amides is 1. The lowest BCUT2D eigenvalue weighted by atomic mass is 10.0. The molecule has 1 atom stereocenters. The summed E-state index contributed by atoms with van der Waals surface area (Å²) >= 11 is 0. The minimum Gasteiger partial charge on any atom is -0.384 e. The van der Waals surface area contributed by atoms with Gasteiger partial charge in [0.05, 0.1) is 18.8 Å². The molecule has 2 N–H and O–H groups in total. The highest BCUT2D eigenvalue weighted by molar-refractivity contribution is 5.92. The van der Waals surface area contributed by atoms with Crippen LogP contribution in [0.3, 0.4) is 0 Å². The third-order valence-corrected chi connectivity index (χ3v) is 4.96. The van der Waals surface area contributed by atoms with Crippen LogP contribution in [0.1, 0.15) is 28.0 Å². The van der Waals surface area contributed by atoms with Gasteiger partial charge in [-0.05, 0) is 42.8 Å². The molecule has 4 rings (SSSR count). The molecule has 0 aromatic carbocycles. The first-order valence-corrected chi connectivity index (χ1v) is 9.56. The molecule has 1 fully saturated rings. The fourth-order valence-electron chi connectivity index (χ4n) is 3.39. The van der Waals surface area contributed by atoms with Gasteiger partial charge >= 0.3 is 0 Å². The fraction of sp³-hybridized carbons (Fsp3) is 0.286. The van der Waals surface area contributed by atoms with Gasteiger partial charge in [0.1, 0.15) is 17.6 Å². The van der Waals surface area contributed by atoms with Gasteiger partial charge in [-0.2, -0.15) is 5.10 Å². The van der Waals surface area contributed by atoms with E-state index in [1.54, 1.807) is 17.2 Å². The molecule has 0 spiro atoms. The Morgan fingerprint density at radius 2 is 2.03 bits per heavy atom. The third kappa shape index (κ3) is 4.06. The highest BCUT2D eigenvalue weighted by Crippen LogP contribution is 2.27. The van der Waals surface area contributed by atoms with Gasteiger partial charge in [0.2, 0.25) is 0 Å². The number of nitrogen functional groups attached to an aromatic ring is 1. The molecule has 1 aliphatic rings. The maximum atomic E-state index is 12.9. The monoisotopic (exact) mass is 406 g/mol. The smallest absolute Gasteiger partial charge is 0.274 e. The van der Waals surface area contributed by atoms with Crippen LogP contribution in [0.4, 0.5) is 5.82 Å². The zero-order valence-corrected chi connectivity index (χ0v) is 16.8. The Morgan fingerprint density at radius 1 is 1.20 bits per heavy atom. The molecule has 0 radical (unpaired) electrons. The summed E-state index contributed by atoms with van der Waals surface area (Å²) in [7, 11) is 1.52. The van der Waals surface area contributed by atoms with E-state index in [1.807, 2.05) is 25.1 Å². The zero-order valence-electron chi connectivity index (χ0n) is 16.8. The number of rotatable bonds is 3. The van der Waals surface area contributed by atoms with Crippen molar-refractivity contribution in [3.63, 3.8) is 0 Å². The standard InChI is InChI=1S/C21H22N6O3/c1-13-9-15(14-3-5-19(22)23-11-14)10-17(24-13)18-12-27(7-8-30-18)21(29)16-4-6-20(28)26(2)25-16/h3-6,9-11,18H,7-8,12H2,1-2H3,(H2,22,23)/t18-/m0/s1. The molecule has 30 heavy (non-hydrogen) atoms. The van der Waals surface area contributed by atoms with Gasteiger partial charge in [-0.3, -0.25) is 14.6 Å². The maximum Gasteiger partial charge on any atom is 0.274 e. The van der Waals surface area contributed by atoms with Crippen LogP contribution in [0.25, 0.3) is 11.1 Å². The lowest BCUT2D eigenvalue weighted by molar-refractivity contribution is -0.0250. The van der Waals surface area contributed by atoms with Crippen molar-refractivity contribution in [1.29, 1.82) is 0 Å². The molecule has 0 aliphatic carbocycles. The summed E-state index contributed by atoms with van der Waals surface area (Å²) in [5, 5.41) is 4.06. The average molecular weight is 406 g/mol. The van der Waals surface area contributed by atoms with Crippen LogP contribution in [-0.4, -0.2) is 50.3 Å². The lowest BCUT2D eigenvalue weighted by Crippen LogP contribution is -2.43. The number of carbonyl (C=O) groups excluding carboxylic acids is 1. The Bertz CT molecular complexity index is 1140. The summed E-state index contributed by atoms with van der Waals surface area (Å²) in [6.45, 7) is 3.09. The topological polar surface area (TPSA) is 116 Å². The van der Waals surface area contributed by atoms with E-state index in [4.69, 9.17) is 10.5 Å². The van der Waals surface area contributed by atoms with E-state index in [-0.39, 0.29) is 23.3 Å². The Hall–Kier alpha value is -3.59. The number of pyridine rings is 2. The summed E-state index contributed by atoms with van der Waals surface area (Å²) < 4.78 is 7.07. The van der Waals surface area contributed by atoms with Gasteiger partial charge in [0.15, 0.2) is 0 Å². The predicted molar refractivity (Wildman–Crippen MR) is 111 cm³/mol. The van der Waals surface area contributed by atoms with E-state index in [9.17, 15) is 9.59 Å². The highest BCUT2D eigenvalue weighted by Gasteiger charge is 2.28. The molecule has 3 aromatic heterocycles. The van der Waals surface area contributed by atoms with Crippen molar-refractivity contribution in [2.45, 2.75) is 13.0 Å². The molecular weight excluding hydrogens is 384 g/mol. The summed E-state index contributed by atoms with van der Waals surface area (Å²) in [6.07, 6.45) is 1.35. The normalized spacial score (nSPS) is 16.5. The third-order valence-electron chi connectivity index (χ3n) is 4.96. The van der Waals surface area contributed by atoms with Gasteiger partial charge in [0, 0.05) is 37.1 Å². The number of aryl methyl sites for hydroxylation is 2. The summed E-state index contributed by atoms with van der Waals surface area (Å²) in [4.78, 5) is 34.9. The summed E-state index contributed by atoms with van der Waals surface area (Å²) in [5.41, 5.74) is 9.11. The molecule has 0 bridgehead atoms. The molecule has 3 aromatic rings. The van der Waals surface area contributed by atoms with Crippen LogP contribution in [0.2, 0.25) is 0 Å². The molecule has 154 valence electrons. The minimum atomic E-state index is -0.365. The van der Waals surface area contributed by atoms with Crippen LogP contribution in [0.15, 0.2) is 47.4 Å². The van der Waals surface area contributed by atoms with Crippen molar-refractivity contribution in [3.8, 4) is 11.1 Å². The van der Waals surface area contributed by atoms with Gasteiger partial charge < -0.3 is 15.4 Å². The van der Waals surface area contributed by atoms with Gasteiger partial charge in [-0.25, -0.2) is 9.67 Å². The molecule has 1 aliphatic heterocycles. The van der Waals surface area contributed by atoms with Crippen molar-refractivity contribution < 1.29 is 9.53 Å². The van der Waals surface area contributed by atoms with Crippen molar-refractivity contribution in [2.75, 3.05) is 25.4 Å². The number of nitrogens with zero attached hydrogens (tertiary/aromatic N) is 5. The average Bonchev–Trinajstić information content (AvgIpc) is 2.75. The van der Waals surface area contributed by atoms with Crippen LogP contribution in [0, 0.1) is 6.92 Å². The van der Waals surface area contributed by atoms with Gasteiger partial charge in [-0.1, -0.05) is 0 Å². The van der Waals surface area contributed by atoms with E-state index >= 15 is 0 Å². The molecule has 4 heterocycles. The van der Waals surface area contributed by atoms with Gasteiger partial charge in [0.25, 0.3) is 11.5 Å². The molecule has 1 amide bonds. The number of hydrogen-bond donors (Lipinski definition) is 1. The zero-order chi connectivity index (χ0) is 21.3. The highest BCUT2D eigenvalue weighted by atomic mass is 16.5. The van der Waals surface area contributed by atoms with Crippen LogP contribution >= 0.6 is 0 Å². The molecule has 0 saturated carbocycles. The van der Waals surface area contributed by atoms with Crippen molar-refractivity contribution in [1.82, 2.24) is 24.6 Å². The van der Waals surface area contributed by atoms with E-state index in [2.05, 4.69) is 15.1 Å². The Labute approximate surface area is 173 Å². The lowest BCUT2D eigenvalue weighted by Gasteiger charge is -2.32. The second-order valence-corrected chi connectivity index (χ2v) is 7.18. The number of morpholine rings is 1. The van der Waals surface area contributed by atoms with Crippen molar-refractivity contribution in [2.24, 2.45) is 7.05 Å². The molecule has 9 heteroatoms. The fourth-order valence-corrected chi connectivity index (χ4v) is 3.39. The van der Waals surface area contributed by atoms with Crippen molar-refractivity contribution in [3.05, 3.63) is 70.0 Å². The van der Waals surface area contributed by atoms with Crippen LogP contribution < -0.4 is 11.3 Å². The Balaban J connectivity index is 1.58. The Morgan fingerprint density at radius 3 is 2.77 bits per heavy atom.